The number of nitrogens with zero attached hydrogens (tertiary/aromatic N) is 1. The second-order valence-electron chi connectivity index (χ2n) is 6.10. The van der Waals surface area contributed by atoms with Crippen molar-refractivity contribution in [1.29, 1.82) is 0 Å². The molecule has 0 aromatic heterocycles. The van der Waals surface area contributed by atoms with Crippen LogP contribution in [0.2, 0.25) is 0 Å². The minimum absolute atomic E-state index is 0.239. The number of carbonyl (C=O) groups is 1. The van der Waals surface area contributed by atoms with Gasteiger partial charge in [-0.2, -0.15) is 0 Å². The number of amides is 1. The Kier molecular flexibility index (Phi) is 5.84. The number of nitrogens with one attached hydrogen (secondary N) is 1. The summed E-state index contributed by atoms with van der Waals surface area (Å²) in [6, 6.07) is 7.71. The zero-order chi connectivity index (χ0) is 17.8. The standard InChI is InChI=1S/C16H24N2O5S/c1-13-6-4-5-7-14(13)23-12-16(22-2)8-9-18(11-16)15(19)10-17-24(3,20)21/h4-7,17H,8-12H2,1-3H3. The van der Waals surface area contributed by atoms with Crippen molar-refractivity contribution in [2.24, 2.45) is 0 Å². The van der Waals surface area contributed by atoms with Gasteiger partial charge in [0.05, 0.1) is 19.3 Å². The summed E-state index contributed by atoms with van der Waals surface area (Å²) in [5.41, 5.74) is 0.454. The summed E-state index contributed by atoms with van der Waals surface area (Å²) < 4.78 is 35.9. The lowest BCUT2D eigenvalue weighted by molar-refractivity contribution is -0.130. The fourth-order valence-corrected chi connectivity index (χ4v) is 3.02. The van der Waals surface area contributed by atoms with Crippen LogP contribution in [0.15, 0.2) is 24.3 Å². The lowest BCUT2D eigenvalue weighted by atomic mass is 10.0. The van der Waals surface area contributed by atoms with Gasteiger partial charge in [-0.05, 0) is 25.0 Å². The second-order valence-corrected chi connectivity index (χ2v) is 7.93. The number of aryl methyl sites for hydroxylation is 1. The van der Waals surface area contributed by atoms with Crippen LogP contribution in [-0.4, -0.2) is 64.4 Å². The Balaban J connectivity index is 1.94. The molecule has 1 heterocycles. The SMILES string of the molecule is COC1(COc2ccccc2C)CCN(C(=O)CNS(C)(=O)=O)C1. The molecule has 1 aromatic rings. The summed E-state index contributed by atoms with van der Waals surface area (Å²) in [6.07, 6.45) is 1.67. The largest absolute Gasteiger partial charge is 0.490 e. The topological polar surface area (TPSA) is 84.9 Å². The average molecular weight is 356 g/mol. The first-order valence-corrected chi connectivity index (χ1v) is 9.60. The Labute approximate surface area is 143 Å². The molecule has 1 N–H and O–H groups in total. The fourth-order valence-electron chi connectivity index (χ4n) is 2.63. The summed E-state index contributed by atoms with van der Waals surface area (Å²) in [5, 5.41) is 0. The molecule has 0 bridgehead atoms. The van der Waals surface area contributed by atoms with Crippen molar-refractivity contribution in [1.82, 2.24) is 9.62 Å². The van der Waals surface area contributed by atoms with Crippen LogP contribution in [0, 0.1) is 6.92 Å². The monoisotopic (exact) mass is 356 g/mol. The third-order valence-corrected chi connectivity index (χ3v) is 4.84. The molecule has 0 aliphatic carbocycles. The van der Waals surface area contributed by atoms with Gasteiger partial charge in [0.15, 0.2) is 0 Å². The van der Waals surface area contributed by atoms with Crippen molar-refractivity contribution in [2.45, 2.75) is 18.9 Å². The van der Waals surface area contributed by atoms with E-state index in [9.17, 15) is 13.2 Å². The molecule has 1 saturated heterocycles. The Morgan fingerprint density at radius 3 is 2.71 bits per heavy atom. The van der Waals surface area contributed by atoms with Gasteiger partial charge >= 0.3 is 0 Å². The molecule has 0 saturated carbocycles. The van der Waals surface area contributed by atoms with Gasteiger partial charge in [0.2, 0.25) is 15.9 Å². The van der Waals surface area contributed by atoms with Crippen molar-refractivity contribution in [3.05, 3.63) is 29.8 Å². The number of carbonyl (C=O) groups excluding carboxylic acids is 1. The van der Waals surface area contributed by atoms with Crippen LogP contribution < -0.4 is 9.46 Å². The van der Waals surface area contributed by atoms with E-state index in [1.54, 1.807) is 12.0 Å². The molecular weight excluding hydrogens is 332 g/mol. The number of ether oxygens (including phenoxy) is 2. The van der Waals surface area contributed by atoms with E-state index in [1.807, 2.05) is 31.2 Å². The Morgan fingerprint density at radius 1 is 1.38 bits per heavy atom. The van der Waals surface area contributed by atoms with Crippen molar-refractivity contribution in [3.8, 4) is 5.75 Å². The number of hydrogen-bond donors (Lipinski definition) is 1. The lowest BCUT2D eigenvalue weighted by Gasteiger charge is -2.28. The van der Waals surface area contributed by atoms with Gasteiger partial charge in [-0.15, -0.1) is 0 Å². The molecule has 1 aliphatic rings. The smallest absolute Gasteiger partial charge is 0.237 e. The van der Waals surface area contributed by atoms with Crippen LogP contribution in [0.25, 0.3) is 0 Å². The molecule has 0 spiro atoms. The van der Waals surface area contributed by atoms with Crippen molar-refractivity contribution in [2.75, 3.05) is 39.6 Å². The molecule has 8 heteroatoms. The highest BCUT2D eigenvalue weighted by Gasteiger charge is 2.41. The molecular formula is C16H24N2O5S. The van der Waals surface area contributed by atoms with Crippen LogP contribution in [0.1, 0.15) is 12.0 Å². The Morgan fingerprint density at radius 2 is 2.08 bits per heavy atom. The summed E-state index contributed by atoms with van der Waals surface area (Å²) in [6.45, 7) is 2.94. The quantitative estimate of drug-likeness (QED) is 0.771. The summed E-state index contributed by atoms with van der Waals surface area (Å²) in [5.74, 6) is 0.521. The fraction of sp³-hybridized carbons (Fsp3) is 0.562. The van der Waals surface area contributed by atoms with E-state index in [2.05, 4.69) is 4.72 Å². The maximum atomic E-state index is 12.1. The number of hydrogen-bond acceptors (Lipinski definition) is 5. The predicted octanol–water partition coefficient (Wildman–Crippen LogP) is 0.541. The number of rotatable bonds is 7. The van der Waals surface area contributed by atoms with Crippen LogP contribution in [0.4, 0.5) is 0 Å². The molecule has 0 radical (unpaired) electrons. The number of sulfonamides is 1. The number of methoxy groups -OCH3 is 1. The summed E-state index contributed by atoms with van der Waals surface area (Å²) in [7, 11) is -1.79. The van der Waals surface area contributed by atoms with Crippen molar-refractivity contribution >= 4 is 15.9 Å². The van der Waals surface area contributed by atoms with E-state index < -0.39 is 15.6 Å². The Hall–Kier alpha value is -1.64. The summed E-state index contributed by atoms with van der Waals surface area (Å²) >= 11 is 0. The first-order chi connectivity index (χ1) is 11.2. The van der Waals surface area contributed by atoms with Crippen LogP contribution in [0.3, 0.4) is 0 Å². The maximum Gasteiger partial charge on any atom is 0.237 e. The molecule has 1 amide bonds. The van der Waals surface area contributed by atoms with Crippen molar-refractivity contribution < 1.29 is 22.7 Å². The molecule has 24 heavy (non-hydrogen) atoms. The zero-order valence-electron chi connectivity index (χ0n) is 14.2. The van der Waals surface area contributed by atoms with E-state index in [0.717, 1.165) is 17.6 Å². The van der Waals surface area contributed by atoms with Crippen LogP contribution in [-0.2, 0) is 19.6 Å². The molecule has 1 unspecified atom stereocenters. The van der Waals surface area contributed by atoms with Gasteiger partial charge in [0.25, 0.3) is 0 Å². The van der Waals surface area contributed by atoms with Gasteiger partial charge in [-0.1, -0.05) is 18.2 Å². The second kappa shape index (κ2) is 7.50. The van der Waals surface area contributed by atoms with Crippen molar-refractivity contribution in [3.63, 3.8) is 0 Å². The summed E-state index contributed by atoms with van der Waals surface area (Å²) in [4.78, 5) is 13.7. The number of likely N-dealkylation sites (tertiary alicyclic amines) is 1. The molecule has 1 aliphatic heterocycles. The highest BCUT2D eigenvalue weighted by atomic mass is 32.2. The minimum Gasteiger partial charge on any atom is -0.490 e. The predicted molar refractivity (Wildman–Crippen MR) is 90.5 cm³/mol. The van der Waals surface area contributed by atoms with Gasteiger partial charge < -0.3 is 14.4 Å². The molecule has 134 valence electrons. The highest BCUT2D eigenvalue weighted by molar-refractivity contribution is 7.88. The minimum atomic E-state index is -3.39. The molecule has 7 nitrogen and oxygen atoms in total. The van der Waals surface area contributed by atoms with Gasteiger partial charge in [-0.25, -0.2) is 13.1 Å². The van der Waals surface area contributed by atoms with Crippen LogP contribution >= 0.6 is 0 Å². The normalized spacial score (nSPS) is 21.0. The Bertz CT molecular complexity index is 691. The maximum absolute atomic E-state index is 12.1. The van der Waals surface area contributed by atoms with E-state index in [0.29, 0.717) is 26.1 Å². The first kappa shape index (κ1) is 18.7. The van der Waals surface area contributed by atoms with E-state index >= 15 is 0 Å². The molecule has 1 fully saturated rings. The van der Waals surface area contributed by atoms with Gasteiger partial charge in [0, 0.05) is 13.7 Å². The average Bonchev–Trinajstić information content (AvgIpc) is 2.96. The number of para-hydroxylation sites is 1. The van der Waals surface area contributed by atoms with Gasteiger partial charge in [-0.3, -0.25) is 4.79 Å². The van der Waals surface area contributed by atoms with Crippen LogP contribution in [0.5, 0.6) is 5.75 Å². The first-order valence-electron chi connectivity index (χ1n) is 7.71. The zero-order valence-corrected chi connectivity index (χ0v) is 15.1. The lowest BCUT2D eigenvalue weighted by Crippen LogP contribution is -2.44. The number of benzene rings is 1. The van der Waals surface area contributed by atoms with E-state index in [-0.39, 0.29) is 12.5 Å². The van der Waals surface area contributed by atoms with E-state index in [1.165, 1.54) is 0 Å². The third kappa shape index (κ3) is 4.93. The third-order valence-electron chi connectivity index (χ3n) is 4.17. The van der Waals surface area contributed by atoms with Gasteiger partial charge in [0.1, 0.15) is 18.0 Å². The van der Waals surface area contributed by atoms with E-state index in [4.69, 9.17) is 9.47 Å². The molecule has 1 atom stereocenters. The molecule has 2 rings (SSSR count). The molecule has 1 aromatic carbocycles. The highest BCUT2D eigenvalue weighted by Crippen LogP contribution is 2.27.